The first-order valence-corrected chi connectivity index (χ1v) is 7.88. The number of sulfonamides is 1. The summed E-state index contributed by atoms with van der Waals surface area (Å²) in [6, 6.07) is 6.36. The van der Waals surface area contributed by atoms with Crippen molar-refractivity contribution >= 4 is 54.8 Å². The van der Waals surface area contributed by atoms with Crippen LogP contribution in [0.2, 0.25) is 10.3 Å². The molecule has 0 amide bonds. The van der Waals surface area contributed by atoms with Gasteiger partial charge in [0.25, 0.3) is 10.0 Å². The Morgan fingerprint density at radius 1 is 1.11 bits per heavy atom. The summed E-state index contributed by atoms with van der Waals surface area (Å²) in [6.45, 7) is 0. The van der Waals surface area contributed by atoms with Crippen LogP contribution >= 0.6 is 39.1 Å². The molecule has 1 aromatic heterocycles. The van der Waals surface area contributed by atoms with Crippen molar-refractivity contribution in [3.8, 4) is 0 Å². The summed E-state index contributed by atoms with van der Waals surface area (Å²) >= 11 is 14.7. The maximum absolute atomic E-state index is 12.2. The van der Waals surface area contributed by atoms with E-state index in [0.29, 0.717) is 4.47 Å². The summed E-state index contributed by atoms with van der Waals surface area (Å²) < 4.78 is 27.1. The molecule has 5 nitrogen and oxygen atoms in total. The molecule has 0 aliphatic rings. The first-order chi connectivity index (χ1) is 8.92. The lowest BCUT2D eigenvalue weighted by atomic mass is 10.4. The number of benzene rings is 1. The predicted molar refractivity (Wildman–Crippen MR) is 77.0 cm³/mol. The van der Waals surface area contributed by atoms with E-state index in [1.165, 1.54) is 6.07 Å². The van der Waals surface area contributed by atoms with E-state index in [2.05, 4.69) is 30.6 Å². The molecule has 2 rings (SSSR count). The van der Waals surface area contributed by atoms with Crippen molar-refractivity contribution in [3.05, 3.63) is 45.4 Å². The molecule has 0 fully saturated rings. The Kier molecular flexibility index (Phi) is 4.29. The average Bonchev–Trinajstić information content (AvgIpc) is 2.34. The second-order valence-corrected chi connectivity index (χ2v) is 6.59. The third-order valence-corrected chi connectivity index (χ3v) is 5.05. The number of nitrogens with zero attached hydrogens (tertiary/aromatic N) is 2. The number of hydrogen-bond acceptors (Lipinski definition) is 4. The molecule has 0 radical (unpaired) electrons. The lowest BCUT2D eigenvalue weighted by Gasteiger charge is -2.10. The van der Waals surface area contributed by atoms with Crippen LogP contribution in [0.1, 0.15) is 0 Å². The van der Waals surface area contributed by atoms with E-state index in [4.69, 9.17) is 23.2 Å². The number of anilines is 1. The van der Waals surface area contributed by atoms with Crippen molar-refractivity contribution in [3.63, 3.8) is 0 Å². The maximum Gasteiger partial charge on any atom is 0.263 e. The van der Waals surface area contributed by atoms with E-state index in [1.54, 1.807) is 18.2 Å². The lowest BCUT2D eigenvalue weighted by Crippen LogP contribution is -2.14. The minimum Gasteiger partial charge on any atom is -0.274 e. The average molecular weight is 383 g/mol. The maximum atomic E-state index is 12.2. The molecular formula is C10H6BrCl2N3O2S. The molecule has 1 aromatic carbocycles. The quantitative estimate of drug-likeness (QED) is 0.826. The molecule has 0 saturated carbocycles. The molecule has 2 aromatic rings. The topological polar surface area (TPSA) is 72.0 Å². The first kappa shape index (κ1) is 14.5. The molecule has 0 saturated heterocycles. The van der Waals surface area contributed by atoms with Crippen molar-refractivity contribution in [1.29, 1.82) is 0 Å². The van der Waals surface area contributed by atoms with Crippen molar-refractivity contribution in [2.75, 3.05) is 4.72 Å². The van der Waals surface area contributed by atoms with Gasteiger partial charge in [0.05, 0.1) is 0 Å². The third kappa shape index (κ3) is 3.17. The molecule has 0 aliphatic heterocycles. The zero-order valence-corrected chi connectivity index (χ0v) is 13.1. The van der Waals surface area contributed by atoms with Crippen LogP contribution in [0.3, 0.4) is 0 Å². The fourth-order valence-corrected chi connectivity index (χ4v) is 3.88. The fourth-order valence-electron chi connectivity index (χ4n) is 1.28. The van der Waals surface area contributed by atoms with Crippen LogP contribution in [-0.4, -0.2) is 18.4 Å². The Morgan fingerprint density at radius 3 is 2.26 bits per heavy atom. The monoisotopic (exact) mass is 381 g/mol. The van der Waals surface area contributed by atoms with Crippen LogP contribution in [-0.2, 0) is 10.0 Å². The molecular weight excluding hydrogens is 377 g/mol. The van der Waals surface area contributed by atoms with Gasteiger partial charge in [-0.3, -0.25) is 4.72 Å². The molecule has 19 heavy (non-hydrogen) atoms. The first-order valence-electron chi connectivity index (χ1n) is 4.85. The van der Waals surface area contributed by atoms with Gasteiger partial charge in [-0.05, 0) is 28.1 Å². The van der Waals surface area contributed by atoms with Gasteiger partial charge in [-0.1, -0.05) is 35.3 Å². The Bertz CT molecular complexity index is 704. The molecule has 0 atom stereocenters. The summed E-state index contributed by atoms with van der Waals surface area (Å²) in [5, 5.41) is -0.147. The highest BCUT2D eigenvalue weighted by Crippen LogP contribution is 2.30. The Morgan fingerprint density at radius 2 is 1.68 bits per heavy atom. The van der Waals surface area contributed by atoms with Crippen LogP contribution in [0, 0.1) is 0 Å². The van der Waals surface area contributed by atoms with Crippen LogP contribution in [0.15, 0.2) is 40.0 Å². The van der Waals surface area contributed by atoms with E-state index in [-0.39, 0.29) is 20.9 Å². The number of nitrogens with one attached hydrogen (secondary N) is 1. The van der Waals surface area contributed by atoms with Crippen LogP contribution in [0.4, 0.5) is 5.69 Å². The van der Waals surface area contributed by atoms with Gasteiger partial charge in [-0.25, -0.2) is 18.4 Å². The van der Waals surface area contributed by atoms with Gasteiger partial charge in [0, 0.05) is 4.47 Å². The molecule has 1 N–H and O–H groups in total. The van der Waals surface area contributed by atoms with Gasteiger partial charge >= 0.3 is 0 Å². The van der Waals surface area contributed by atoms with E-state index < -0.39 is 10.0 Å². The number of halogens is 3. The third-order valence-electron chi connectivity index (χ3n) is 2.12. The van der Waals surface area contributed by atoms with Crippen molar-refractivity contribution in [2.45, 2.75) is 4.90 Å². The molecule has 9 heteroatoms. The SMILES string of the molecule is O=S(=O)(Nc1c(Cl)ncnc1Cl)c1ccccc1Br. The lowest BCUT2D eigenvalue weighted by molar-refractivity contribution is 0.600. The van der Waals surface area contributed by atoms with Gasteiger partial charge in [-0.15, -0.1) is 0 Å². The second-order valence-electron chi connectivity index (χ2n) is 3.37. The highest BCUT2D eigenvalue weighted by molar-refractivity contribution is 9.10. The molecule has 1 heterocycles. The van der Waals surface area contributed by atoms with Gasteiger partial charge in [-0.2, -0.15) is 0 Å². The smallest absolute Gasteiger partial charge is 0.263 e. The standard InChI is InChI=1S/C10H6BrCl2N3O2S/c11-6-3-1-2-4-7(6)19(17,18)16-8-9(12)14-5-15-10(8)13/h1-5,16H. The molecule has 0 spiro atoms. The zero-order valence-electron chi connectivity index (χ0n) is 9.14. The molecule has 0 aliphatic carbocycles. The van der Waals surface area contributed by atoms with Crippen LogP contribution in [0.25, 0.3) is 0 Å². The Labute approximate surface area is 128 Å². The summed E-state index contributed by atoms with van der Waals surface area (Å²) in [5.41, 5.74) is -0.0541. The van der Waals surface area contributed by atoms with Crippen molar-refractivity contribution in [2.24, 2.45) is 0 Å². The summed E-state index contributed by atoms with van der Waals surface area (Å²) in [7, 11) is -3.83. The summed E-state index contributed by atoms with van der Waals surface area (Å²) in [5.74, 6) is 0. The van der Waals surface area contributed by atoms with E-state index in [0.717, 1.165) is 6.33 Å². The van der Waals surface area contributed by atoms with Gasteiger partial charge in [0.2, 0.25) is 0 Å². The fraction of sp³-hybridized carbons (Fsp3) is 0. The Balaban J connectivity index is 2.46. The van der Waals surface area contributed by atoms with E-state index in [9.17, 15) is 8.42 Å². The largest absolute Gasteiger partial charge is 0.274 e. The summed E-state index contributed by atoms with van der Waals surface area (Å²) in [4.78, 5) is 7.40. The zero-order chi connectivity index (χ0) is 14.0. The highest BCUT2D eigenvalue weighted by Gasteiger charge is 2.20. The second kappa shape index (κ2) is 5.62. The number of hydrogen-bond donors (Lipinski definition) is 1. The number of rotatable bonds is 3. The van der Waals surface area contributed by atoms with E-state index in [1.807, 2.05) is 0 Å². The van der Waals surface area contributed by atoms with E-state index >= 15 is 0 Å². The van der Waals surface area contributed by atoms with Crippen molar-refractivity contribution in [1.82, 2.24) is 9.97 Å². The minimum absolute atomic E-state index is 0.0541. The Hall–Kier alpha value is -0.890. The minimum atomic E-state index is -3.83. The summed E-state index contributed by atoms with van der Waals surface area (Å²) in [6.07, 6.45) is 1.14. The van der Waals surface area contributed by atoms with Gasteiger partial charge in [0.15, 0.2) is 10.3 Å². The molecule has 100 valence electrons. The number of aromatic nitrogens is 2. The van der Waals surface area contributed by atoms with Crippen molar-refractivity contribution < 1.29 is 8.42 Å². The van der Waals surface area contributed by atoms with Crippen LogP contribution < -0.4 is 4.72 Å². The molecule has 0 unspecified atom stereocenters. The van der Waals surface area contributed by atoms with Gasteiger partial charge in [0.1, 0.15) is 16.9 Å². The highest BCUT2D eigenvalue weighted by atomic mass is 79.9. The molecule has 0 bridgehead atoms. The van der Waals surface area contributed by atoms with Gasteiger partial charge < -0.3 is 0 Å². The predicted octanol–water partition coefficient (Wildman–Crippen LogP) is 3.35. The normalized spacial score (nSPS) is 11.3. The van der Waals surface area contributed by atoms with Crippen LogP contribution in [0.5, 0.6) is 0 Å².